The molecule has 1 saturated heterocycles. The zero-order valence-electron chi connectivity index (χ0n) is 12.4. The van der Waals surface area contributed by atoms with E-state index in [1.807, 2.05) is 4.90 Å². The van der Waals surface area contributed by atoms with E-state index in [1.54, 1.807) is 36.2 Å². The van der Waals surface area contributed by atoms with E-state index in [9.17, 15) is 9.59 Å². The van der Waals surface area contributed by atoms with Gasteiger partial charge in [0.1, 0.15) is 0 Å². The molecule has 1 heterocycles. The van der Waals surface area contributed by atoms with Gasteiger partial charge in [-0.3, -0.25) is 0 Å². The first kappa shape index (κ1) is 15.4. The van der Waals surface area contributed by atoms with Crippen LogP contribution in [0.15, 0.2) is 24.3 Å². The Labute approximate surface area is 125 Å². The predicted molar refractivity (Wildman–Crippen MR) is 80.3 cm³/mol. The zero-order chi connectivity index (χ0) is 15.2. The molecule has 1 aromatic rings. The molecule has 0 aromatic heterocycles. The molecule has 1 N–H and O–H groups in total. The predicted octanol–water partition coefficient (Wildman–Crippen LogP) is 2.81. The first-order valence-electron chi connectivity index (χ1n) is 7.40. The lowest BCUT2D eigenvalue weighted by Crippen LogP contribution is -2.41. The van der Waals surface area contributed by atoms with E-state index >= 15 is 0 Å². The molecule has 1 aliphatic heterocycles. The Balaban J connectivity index is 1.94. The van der Waals surface area contributed by atoms with Crippen molar-refractivity contribution in [3.8, 4) is 0 Å². The van der Waals surface area contributed by atoms with Crippen LogP contribution in [0.1, 0.15) is 41.6 Å². The molecule has 1 fully saturated rings. The van der Waals surface area contributed by atoms with E-state index in [0.29, 0.717) is 6.54 Å². The zero-order valence-corrected chi connectivity index (χ0v) is 12.4. The summed E-state index contributed by atoms with van der Waals surface area (Å²) in [6.07, 6.45) is 4.55. The summed E-state index contributed by atoms with van der Waals surface area (Å²) in [6.45, 7) is 2.16. The number of benzene rings is 1. The van der Waals surface area contributed by atoms with Gasteiger partial charge in [-0.1, -0.05) is 25.0 Å². The van der Waals surface area contributed by atoms with Crippen LogP contribution >= 0.6 is 0 Å². The van der Waals surface area contributed by atoms with Crippen LogP contribution in [0.4, 0.5) is 4.79 Å². The topological polar surface area (TPSA) is 60.9 Å². The highest BCUT2D eigenvalue weighted by Crippen LogP contribution is 2.13. The van der Waals surface area contributed by atoms with Crippen LogP contribution in [0.25, 0.3) is 0 Å². The van der Waals surface area contributed by atoms with Crippen molar-refractivity contribution in [2.24, 2.45) is 0 Å². The fourth-order valence-electron chi connectivity index (χ4n) is 2.60. The average molecular weight is 290 g/mol. The van der Waals surface area contributed by atoms with Gasteiger partial charge in [-0.2, -0.15) is 0 Å². The highest BCUT2D eigenvalue weighted by molar-refractivity contribution is 5.87. The van der Waals surface area contributed by atoms with Crippen LogP contribution in [0, 0.1) is 0 Å². The van der Waals surface area contributed by atoms with Gasteiger partial charge >= 0.3 is 12.0 Å². The third-order valence-electron chi connectivity index (χ3n) is 3.82. The largest absolute Gasteiger partial charge is 0.478 e. The summed E-state index contributed by atoms with van der Waals surface area (Å²) >= 11 is 0. The molecule has 5 nitrogen and oxygen atoms in total. The molecule has 0 radical (unpaired) electrons. The Morgan fingerprint density at radius 3 is 2.19 bits per heavy atom. The van der Waals surface area contributed by atoms with Gasteiger partial charge in [0.05, 0.1) is 5.56 Å². The third-order valence-corrected chi connectivity index (χ3v) is 3.82. The van der Waals surface area contributed by atoms with E-state index < -0.39 is 5.97 Å². The van der Waals surface area contributed by atoms with Gasteiger partial charge in [-0.15, -0.1) is 0 Å². The summed E-state index contributed by atoms with van der Waals surface area (Å²) in [5.41, 5.74) is 1.20. The molecular formula is C16H22N2O3. The number of rotatable bonds is 3. The standard InChI is InChI=1S/C16H22N2O3/c1-17(16(21)18-10-4-2-3-5-11-18)12-13-6-8-14(9-7-13)15(19)20/h6-9H,2-5,10-12H2,1H3,(H,19,20). The second-order valence-corrected chi connectivity index (χ2v) is 5.54. The summed E-state index contributed by atoms with van der Waals surface area (Å²) in [4.78, 5) is 26.8. The average Bonchev–Trinajstić information content (AvgIpc) is 2.76. The Morgan fingerprint density at radius 1 is 1.10 bits per heavy atom. The van der Waals surface area contributed by atoms with Crippen LogP contribution in [-0.2, 0) is 6.54 Å². The van der Waals surface area contributed by atoms with Crippen molar-refractivity contribution in [1.29, 1.82) is 0 Å². The highest BCUT2D eigenvalue weighted by Gasteiger charge is 2.19. The molecule has 2 rings (SSSR count). The summed E-state index contributed by atoms with van der Waals surface area (Å²) in [6, 6.07) is 6.72. The Kier molecular flexibility index (Phi) is 5.20. The first-order chi connectivity index (χ1) is 10.1. The molecule has 0 aliphatic carbocycles. The molecule has 114 valence electrons. The Bertz CT molecular complexity index is 491. The van der Waals surface area contributed by atoms with Crippen LogP contribution in [0.2, 0.25) is 0 Å². The van der Waals surface area contributed by atoms with E-state index in [4.69, 9.17) is 5.11 Å². The minimum atomic E-state index is -0.935. The van der Waals surface area contributed by atoms with Crippen molar-refractivity contribution in [2.75, 3.05) is 20.1 Å². The number of carbonyl (C=O) groups is 2. The number of amides is 2. The number of hydrogen-bond donors (Lipinski definition) is 1. The van der Waals surface area contributed by atoms with Gasteiger partial charge in [-0.25, -0.2) is 9.59 Å². The van der Waals surface area contributed by atoms with Crippen molar-refractivity contribution < 1.29 is 14.7 Å². The number of carboxylic acid groups (broad SMARTS) is 1. The van der Waals surface area contributed by atoms with Crippen molar-refractivity contribution in [3.63, 3.8) is 0 Å². The maximum atomic E-state index is 12.4. The SMILES string of the molecule is CN(Cc1ccc(C(=O)O)cc1)C(=O)N1CCCCCC1. The summed E-state index contributed by atoms with van der Waals surface area (Å²) in [5.74, 6) is -0.935. The van der Waals surface area contributed by atoms with Crippen molar-refractivity contribution >= 4 is 12.0 Å². The van der Waals surface area contributed by atoms with Gasteiger partial charge in [0.15, 0.2) is 0 Å². The number of carbonyl (C=O) groups excluding carboxylic acids is 1. The van der Waals surface area contributed by atoms with Gasteiger partial charge in [0.2, 0.25) is 0 Å². The molecule has 1 aliphatic rings. The molecule has 0 spiro atoms. The third kappa shape index (κ3) is 4.21. The minimum Gasteiger partial charge on any atom is -0.478 e. The molecule has 21 heavy (non-hydrogen) atoms. The number of likely N-dealkylation sites (tertiary alicyclic amines) is 1. The summed E-state index contributed by atoms with van der Waals surface area (Å²) < 4.78 is 0. The lowest BCUT2D eigenvalue weighted by atomic mass is 10.1. The minimum absolute atomic E-state index is 0.0548. The fourth-order valence-corrected chi connectivity index (χ4v) is 2.60. The van der Waals surface area contributed by atoms with Crippen molar-refractivity contribution in [1.82, 2.24) is 9.80 Å². The second-order valence-electron chi connectivity index (χ2n) is 5.54. The maximum absolute atomic E-state index is 12.4. The highest BCUT2D eigenvalue weighted by atomic mass is 16.4. The number of urea groups is 1. The van der Waals surface area contributed by atoms with E-state index in [0.717, 1.165) is 31.5 Å². The maximum Gasteiger partial charge on any atom is 0.335 e. The Morgan fingerprint density at radius 2 is 1.67 bits per heavy atom. The summed E-state index contributed by atoms with van der Waals surface area (Å²) in [7, 11) is 1.79. The monoisotopic (exact) mass is 290 g/mol. The van der Waals surface area contributed by atoms with Crippen LogP contribution in [0.5, 0.6) is 0 Å². The number of aromatic carboxylic acids is 1. The number of hydrogen-bond acceptors (Lipinski definition) is 2. The summed E-state index contributed by atoms with van der Waals surface area (Å²) in [5, 5.41) is 8.87. The lowest BCUT2D eigenvalue weighted by Gasteiger charge is -2.27. The fraction of sp³-hybridized carbons (Fsp3) is 0.500. The van der Waals surface area contributed by atoms with Crippen molar-refractivity contribution in [2.45, 2.75) is 32.2 Å². The van der Waals surface area contributed by atoms with Crippen molar-refractivity contribution in [3.05, 3.63) is 35.4 Å². The normalized spacial score (nSPS) is 15.4. The Hall–Kier alpha value is -2.04. The molecule has 0 atom stereocenters. The molecular weight excluding hydrogens is 268 g/mol. The smallest absolute Gasteiger partial charge is 0.335 e. The van der Waals surface area contributed by atoms with E-state index in [1.165, 1.54) is 12.8 Å². The van der Waals surface area contributed by atoms with Gasteiger partial charge in [0, 0.05) is 26.7 Å². The van der Waals surface area contributed by atoms with E-state index in [-0.39, 0.29) is 11.6 Å². The lowest BCUT2D eigenvalue weighted by molar-refractivity contribution is 0.0696. The van der Waals surface area contributed by atoms with Crippen LogP contribution in [-0.4, -0.2) is 47.0 Å². The van der Waals surface area contributed by atoms with Gasteiger partial charge in [0.25, 0.3) is 0 Å². The first-order valence-corrected chi connectivity index (χ1v) is 7.40. The molecule has 0 bridgehead atoms. The van der Waals surface area contributed by atoms with Crippen LogP contribution < -0.4 is 0 Å². The molecule has 1 aromatic carbocycles. The van der Waals surface area contributed by atoms with Crippen LogP contribution in [0.3, 0.4) is 0 Å². The molecule has 0 unspecified atom stereocenters. The second kappa shape index (κ2) is 7.11. The van der Waals surface area contributed by atoms with E-state index in [2.05, 4.69) is 0 Å². The molecule has 0 saturated carbocycles. The molecule has 5 heteroatoms. The van der Waals surface area contributed by atoms with Gasteiger partial charge in [-0.05, 0) is 30.5 Å². The number of nitrogens with zero attached hydrogens (tertiary/aromatic N) is 2. The molecule has 2 amide bonds. The number of carboxylic acids is 1. The van der Waals surface area contributed by atoms with Gasteiger partial charge < -0.3 is 14.9 Å². The quantitative estimate of drug-likeness (QED) is 0.931.